The second-order valence-electron chi connectivity index (χ2n) is 8.43. The van der Waals surface area contributed by atoms with Gasteiger partial charge in [0.25, 0.3) is 0 Å². The molecule has 0 aromatic heterocycles. The van der Waals surface area contributed by atoms with Crippen LogP contribution < -0.4 is 4.74 Å². The van der Waals surface area contributed by atoms with Gasteiger partial charge in [0.1, 0.15) is 11.9 Å². The average Bonchev–Trinajstić information content (AvgIpc) is 2.76. The highest BCUT2D eigenvalue weighted by molar-refractivity contribution is 5.94. The minimum Gasteiger partial charge on any atom is -0.486 e. The summed E-state index contributed by atoms with van der Waals surface area (Å²) in [6, 6.07) is 22.7. The van der Waals surface area contributed by atoms with Crippen LogP contribution in [-0.4, -0.2) is 5.78 Å². The molecule has 2 heteroatoms. The standard InChI is InChI=1S/C29H34O2/c1-5-6-7-11-14-28(25-12-9-8-10-13-25)31-27-19-21(2)29(22(3)20-27)26-17-15-24(16-18-26)23(4)30/h8-10,12-13,15-20,28H,5-7,11,14H2,1-4H3. The smallest absolute Gasteiger partial charge is 0.159 e. The Kier molecular flexibility index (Phi) is 8.06. The Hall–Kier alpha value is -2.87. The van der Waals surface area contributed by atoms with Gasteiger partial charge in [0.2, 0.25) is 0 Å². The molecule has 162 valence electrons. The molecular weight excluding hydrogens is 380 g/mol. The molecule has 3 aromatic rings. The molecule has 0 saturated carbocycles. The summed E-state index contributed by atoms with van der Waals surface area (Å²) in [4.78, 5) is 11.6. The van der Waals surface area contributed by atoms with Crippen molar-refractivity contribution < 1.29 is 9.53 Å². The van der Waals surface area contributed by atoms with Crippen molar-refractivity contribution in [3.63, 3.8) is 0 Å². The van der Waals surface area contributed by atoms with E-state index in [1.807, 2.05) is 24.3 Å². The van der Waals surface area contributed by atoms with Crippen LogP contribution in [0, 0.1) is 13.8 Å². The van der Waals surface area contributed by atoms with E-state index in [1.165, 1.54) is 47.9 Å². The van der Waals surface area contributed by atoms with Crippen LogP contribution in [0.15, 0.2) is 66.7 Å². The topological polar surface area (TPSA) is 26.3 Å². The number of ketones is 1. The highest BCUT2D eigenvalue weighted by Gasteiger charge is 2.15. The minimum absolute atomic E-state index is 0.0672. The summed E-state index contributed by atoms with van der Waals surface area (Å²) in [6.45, 7) is 8.11. The number of ether oxygens (including phenoxy) is 1. The lowest BCUT2D eigenvalue weighted by Crippen LogP contribution is -2.08. The van der Waals surface area contributed by atoms with Crippen LogP contribution in [0.5, 0.6) is 5.75 Å². The average molecular weight is 415 g/mol. The lowest BCUT2D eigenvalue weighted by Gasteiger charge is -2.21. The maximum atomic E-state index is 11.6. The second-order valence-corrected chi connectivity index (χ2v) is 8.43. The van der Waals surface area contributed by atoms with Crippen molar-refractivity contribution in [2.75, 3.05) is 0 Å². The van der Waals surface area contributed by atoms with E-state index in [0.717, 1.165) is 23.3 Å². The molecule has 3 aromatic carbocycles. The minimum atomic E-state index is 0.0672. The van der Waals surface area contributed by atoms with E-state index in [2.05, 4.69) is 63.2 Å². The Labute approximate surface area is 187 Å². The fraction of sp³-hybridized carbons (Fsp3) is 0.345. The Morgan fingerprint density at radius 2 is 1.52 bits per heavy atom. The third-order valence-electron chi connectivity index (χ3n) is 5.86. The number of hydrogen-bond acceptors (Lipinski definition) is 2. The van der Waals surface area contributed by atoms with Crippen LogP contribution in [0.3, 0.4) is 0 Å². The molecular formula is C29H34O2. The molecule has 3 rings (SSSR count). The molecule has 0 amide bonds. The van der Waals surface area contributed by atoms with Gasteiger partial charge in [-0.3, -0.25) is 4.79 Å². The molecule has 31 heavy (non-hydrogen) atoms. The van der Waals surface area contributed by atoms with Gasteiger partial charge in [-0.15, -0.1) is 0 Å². The first-order chi connectivity index (χ1) is 15.0. The van der Waals surface area contributed by atoms with Crippen molar-refractivity contribution in [1.29, 1.82) is 0 Å². The van der Waals surface area contributed by atoms with Gasteiger partial charge in [-0.2, -0.15) is 0 Å². The SMILES string of the molecule is CCCCCCC(Oc1cc(C)c(-c2ccc(C(C)=O)cc2)c(C)c1)c1ccccc1. The molecule has 0 fully saturated rings. The van der Waals surface area contributed by atoms with Gasteiger partial charge < -0.3 is 4.74 Å². The number of Topliss-reactive ketones (excluding diaryl/α,β-unsaturated/α-hetero) is 1. The van der Waals surface area contributed by atoms with Gasteiger partial charge in [0.15, 0.2) is 5.78 Å². The first-order valence-electron chi connectivity index (χ1n) is 11.4. The Balaban J connectivity index is 1.83. The van der Waals surface area contributed by atoms with E-state index < -0.39 is 0 Å². The summed E-state index contributed by atoms with van der Waals surface area (Å²) < 4.78 is 6.54. The van der Waals surface area contributed by atoms with E-state index in [-0.39, 0.29) is 11.9 Å². The zero-order chi connectivity index (χ0) is 22.2. The van der Waals surface area contributed by atoms with Gasteiger partial charge >= 0.3 is 0 Å². The van der Waals surface area contributed by atoms with Gasteiger partial charge in [0.05, 0.1) is 0 Å². The van der Waals surface area contributed by atoms with E-state index in [9.17, 15) is 4.79 Å². The zero-order valence-electron chi connectivity index (χ0n) is 19.3. The van der Waals surface area contributed by atoms with E-state index >= 15 is 0 Å². The number of carbonyl (C=O) groups excluding carboxylic acids is 1. The van der Waals surface area contributed by atoms with Crippen molar-refractivity contribution in [3.05, 3.63) is 89.0 Å². The Morgan fingerprint density at radius 3 is 2.10 bits per heavy atom. The predicted molar refractivity (Wildman–Crippen MR) is 130 cm³/mol. The third kappa shape index (κ3) is 6.07. The monoisotopic (exact) mass is 414 g/mol. The van der Waals surface area contributed by atoms with Gasteiger partial charge in [-0.25, -0.2) is 0 Å². The number of hydrogen-bond donors (Lipinski definition) is 0. The second kappa shape index (κ2) is 10.9. The van der Waals surface area contributed by atoms with Crippen LogP contribution in [0.2, 0.25) is 0 Å². The summed E-state index contributed by atoms with van der Waals surface area (Å²) in [5, 5.41) is 0. The number of aryl methyl sites for hydroxylation is 2. The summed E-state index contributed by atoms with van der Waals surface area (Å²) in [6.07, 6.45) is 6.03. The molecule has 2 nitrogen and oxygen atoms in total. The van der Waals surface area contributed by atoms with Crippen LogP contribution in [0.4, 0.5) is 0 Å². The molecule has 0 bridgehead atoms. The van der Waals surface area contributed by atoms with Crippen molar-refractivity contribution in [3.8, 4) is 16.9 Å². The summed E-state index contributed by atoms with van der Waals surface area (Å²) in [5.41, 5.74) is 6.69. The quantitative estimate of drug-likeness (QED) is 0.246. The summed E-state index contributed by atoms with van der Waals surface area (Å²) in [7, 11) is 0. The van der Waals surface area contributed by atoms with Crippen molar-refractivity contribution in [1.82, 2.24) is 0 Å². The lowest BCUT2D eigenvalue weighted by molar-refractivity contribution is 0.101. The Bertz CT molecular complexity index is 964. The number of unbranched alkanes of at least 4 members (excludes halogenated alkanes) is 3. The molecule has 0 aliphatic carbocycles. The largest absolute Gasteiger partial charge is 0.486 e. The lowest BCUT2D eigenvalue weighted by atomic mass is 9.94. The van der Waals surface area contributed by atoms with Crippen molar-refractivity contribution in [2.24, 2.45) is 0 Å². The summed E-state index contributed by atoms with van der Waals surface area (Å²) >= 11 is 0. The fourth-order valence-corrected chi connectivity index (χ4v) is 4.20. The molecule has 1 atom stereocenters. The third-order valence-corrected chi connectivity index (χ3v) is 5.86. The van der Waals surface area contributed by atoms with E-state index in [4.69, 9.17) is 4.74 Å². The van der Waals surface area contributed by atoms with E-state index in [1.54, 1.807) is 6.92 Å². The number of carbonyl (C=O) groups is 1. The van der Waals surface area contributed by atoms with Gasteiger partial charge in [-0.1, -0.05) is 80.8 Å². The first kappa shape index (κ1) is 22.8. The molecule has 0 saturated heterocycles. The van der Waals surface area contributed by atoms with Crippen LogP contribution >= 0.6 is 0 Å². The van der Waals surface area contributed by atoms with Crippen molar-refractivity contribution >= 4 is 5.78 Å². The molecule has 1 unspecified atom stereocenters. The maximum absolute atomic E-state index is 11.6. The molecule has 0 heterocycles. The number of benzene rings is 3. The molecule has 0 N–H and O–H groups in total. The van der Waals surface area contributed by atoms with Crippen molar-refractivity contribution in [2.45, 2.75) is 65.9 Å². The summed E-state index contributed by atoms with van der Waals surface area (Å²) in [5.74, 6) is 1.01. The molecule has 0 aliphatic heterocycles. The molecule has 0 radical (unpaired) electrons. The van der Waals surface area contributed by atoms with Crippen LogP contribution in [0.1, 0.15) is 79.1 Å². The highest BCUT2D eigenvalue weighted by atomic mass is 16.5. The van der Waals surface area contributed by atoms with Crippen LogP contribution in [-0.2, 0) is 0 Å². The predicted octanol–water partition coefficient (Wildman–Crippen LogP) is 8.26. The van der Waals surface area contributed by atoms with Crippen LogP contribution in [0.25, 0.3) is 11.1 Å². The van der Waals surface area contributed by atoms with E-state index in [0.29, 0.717) is 0 Å². The normalized spacial score (nSPS) is 11.9. The molecule has 0 aliphatic rings. The van der Waals surface area contributed by atoms with Gasteiger partial charge in [0, 0.05) is 5.56 Å². The first-order valence-corrected chi connectivity index (χ1v) is 11.4. The zero-order valence-corrected chi connectivity index (χ0v) is 19.3. The maximum Gasteiger partial charge on any atom is 0.159 e. The van der Waals surface area contributed by atoms with Gasteiger partial charge in [-0.05, 0) is 73.6 Å². The Morgan fingerprint density at radius 1 is 0.871 bits per heavy atom. The fourth-order valence-electron chi connectivity index (χ4n) is 4.20. The number of rotatable bonds is 10. The molecule has 0 spiro atoms. The highest BCUT2D eigenvalue weighted by Crippen LogP contribution is 2.34.